The van der Waals surface area contributed by atoms with Gasteiger partial charge in [-0.15, -0.1) is 0 Å². The van der Waals surface area contributed by atoms with E-state index < -0.39 is 0 Å². The highest BCUT2D eigenvalue weighted by Gasteiger charge is 2.25. The van der Waals surface area contributed by atoms with Crippen molar-refractivity contribution in [1.82, 2.24) is 9.80 Å². The van der Waals surface area contributed by atoms with Gasteiger partial charge in [-0.3, -0.25) is 9.69 Å². The molecule has 0 spiro atoms. The molecule has 1 amide bonds. The Morgan fingerprint density at radius 2 is 1.78 bits per heavy atom. The van der Waals surface area contributed by atoms with Crippen LogP contribution < -0.4 is 4.74 Å². The number of halogens is 2. The molecule has 2 heterocycles. The first-order valence-electron chi connectivity index (χ1n) is 10.6. The van der Waals surface area contributed by atoms with E-state index in [0.29, 0.717) is 54.8 Å². The van der Waals surface area contributed by atoms with Crippen molar-refractivity contribution in [1.29, 1.82) is 0 Å². The number of nitrogens with zero attached hydrogens (tertiary/aromatic N) is 2. The minimum Gasteiger partial charge on any atom is -0.486 e. The van der Waals surface area contributed by atoms with Crippen molar-refractivity contribution in [2.75, 3.05) is 26.2 Å². The Hall–Kier alpha value is -2.83. The van der Waals surface area contributed by atoms with Gasteiger partial charge in [-0.05, 0) is 61.4 Å². The summed E-state index contributed by atoms with van der Waals surface area (Å²) in [4.78, 5) is 16.7. The number of piperazine rings is 1. The zero-order valence-corrected chi connectivity index (χ0v) is 19.0. The number of amides is 1. The van der Waals surface area contributed by atoms with Gasteiger partial charge in [0.05, 0.1) is 0 Å². The maximum absolute atomic E-state index is 14.0. The first-order chi connectivity index (χ1) is 15.4. The molecule has 3 aromatic rings. The van der Waals surface area contributed by atoms with E-state index >= 15 is 0 Å². The van der Waals surface area contributed by atoms with Gasteiger partial charge in [0, 0.05) is 43.3 Å². The SMILES string of the molecule is Cc1cc(C)cc(OCc2ccc(C(=O)N3CCN(Cc4c(F)cccc4Cl)CC3)o2)c1. The molecule has 0 atom stereocenters. The summed E-state index contributed by atoms with van der Waals surface area (Å²) in [5, 5.41) is 0.426. The Kier molecular flexibility index (Phi) is 6.82. The summed E-state index contributed by atoms with van der Waals surface area (Å²) in [5.74, 6) is 1.22. The van der Waals surface area contributed by atoms with Crippen molar-refractivity contribution >= 4 is 17.5 Å². The Morgan fingerprint density at radius 3 is 2.47 bits per heavy atom. The smallest absolute Gasteiger partial charge is 0.289 e. The van der Waals surface area contributed by atoms with Crippen LogP contribution in [0.2, 0.25) is 5.02 Å². The van der Waals surface area contributed by atoms with E-state index in [9.17, 15) is 9.18 Å². The number of ether oxygens (including phenoxy) is 1. The zero-order chi connectivity index (χ0) is 22.7. The van der Waals surface area contributed by atoms with E-state index in [1.165, 1.54) is 6.07 Å². The minimum atomic E-state index is -0.304. The van der Waals surface area contributed by atoms with Gasteiger partial charge in [0.1, 0.15) is 23.9 Å². The van der Waals surface area contributed by atoms with Crippen molar-refractivity contribution < 1.29 is 18.3 Å². The maximum atomic E-state index is 14.0. The number of benzene rings is 2. The van der Waals surface area contributed by atoms with E-state index in [1.54, 1.807) is 29.2 Å². The molecule has 0 N–H and O–H groups in total. The topological polar surface area (TPSA) is 45.9 Å². The van der Waals surface area contributed by atoms with Gasteiger partial charge in [0.25, 0.3) is 5.91 Å². The second-order valence-corrected chi connectivity index (χ2v) is 8.55. The quantitative estimate of drug-likeness (QED) is 0.509. The van der Waals surface area contributed by atoms with Crippen molar-refractivity contribution in [3.8, 4) is 5.75 Å². The number of aryl methyl sites for hydroxylation is 2. The molecular weight excluding hydrogens is 431 g/mol. The molecule has 0 bridgehead atoms. The molecule has 0 aliphatic carbocycles. The van der Waals surface area contributed by atoms with E-state index in [1.807, 2.05) is 26.0 Å². The van der Waals surface area contributed by atoms with Crippen molar-refractivity contribution in [2.45, 2.75) is 27.0 Å². The molecule has 1 fully saturated rings. The zero-order valence-electron chi connectivity index (χ0n) is 18.2. The summed E-state index contributed by atoms with van der Waals surface area (Å²) in [6.45, 7) is 7.09. The lowest BCUT2D eigenvalue weighted by Gasteiger charge is -2.34. The molecule has 1 aliphatic heterocycles. The normalized spacial score (nSPS) is 14.6. The van der Waals surface area contributed by atoms with E-state index in [4.69, 9.17) is 20.8 Å². The molecule has 2 aromatic carbocycles. The molecule has 5 nitrogen and oxygen atoms in total. The van der Waals surface area contributed by atoms with Crippen molar-refractivity contribution in [2.24, 2.45) is 0 Å². The highest BCUT2D eigenvalue weighted by atomic mass is 35.5. The maximum Gasteiger partial charge on any atom is 0.289 e. The lowest BCUT2D eigenvalue weighted by Crippen LogP contribution is -2.48. The van der Waals surface area contributed by atoms with Gasteiger partial charge in [-0.25, -0.2) is 4.39 Å². The number of furan rings is 1. The standard InChI is InChI=1S/C25H26ClFN2O3/c1-17-12-18(2)14-20(13-17)31-16-19-6-7-24(32-19)25(30)29-10-8-28(9-11-29)15-21-22(26)4-3-5-23(21)27/h3-7,12-14H,8-11,15-16H2,1-2H3. The summed E-state index contributed by atoms with van der Waals surface area (Å²) < 4.78 is 25.6. The van der Waals surface area contributed by atoms with Crippen LogP contribution in [0.3, 0.4) is 0 Å². The van der Waals surface area contributed by atoms with Crippen LogP contribution >= 0.6 is 11.6 Å². The van der Waals surface area contributed by atoms with Gasteiger partial charge in [-0.2, -0.15) is 0 Å². The van der Waals surface area contributed by atoms with Gasteiger partial charge in [0.15, 0.2) is 5.76 Å². The number of carbonyl (C=O) groups is 1. The fraction of sp³-hybridized carbons (Fsp3) is 0.320. The fourth-order valence-corrected chi connectivity index (χ4v) is 4.14. The van der Waals surface area contributed by atoms with Crippen LogP contribution in [0.15, 0.2) is 52.9 Å². The Bertz CT molecular complexity index is 1070. The summed E-state index contributed by atoms with van der Waals surface area (Å²) >= 11 is 6.14. The van der Waals surface area contributed by atoms with Crippen molar-refractivity contribution in [3.05, 3.63) is 87.6 Å². The van der Waals surface area contributed by atoms with Gasteiger partial charge in [-0.1, -0.05) is 23.7 Å². The molecule has 0 saturated carbocycles. The molecule has 0 radical (unpaired) electrons. The lowest BCUT2D eigenvalue weighted by molar-refractivity contribution is 0.0593. The van der Waals surface area contributed by atoms with Gasteiger partial charge >= 0.3 is 0 Å². The molecule has 0 unspecified atom stereocenters. The largest absolute Gasteiger partial charge is 0.486 e. The highest BCUT2D eigenvalue weighted by Crippen LogP contribution is 2.22. The molecular formula is C25H26ClFN2O3. The fourth-order valence-electron chi connectivity index (χ4n) is 3.91. The van der Waals surface area contributed by atoms with Crippen LogP contribution in [0.4, 0.5) is 4.39 Å². The van der Waals surface area contributed by atoms with Crippen LogP contribution in [-0.4, -0.2) is 41.9 Å². The number of hydrogen-bond acceptors (Lipinski definition) is 4. The second kappa shape index (κ2) is 9.76. The molecule has 4 rings (SSSR count). The Morgan fingerprint density at radius 1 is 1.06 bits per heavy atom. The van der Waals surface area contributed by atoms with E-state index in [-0.39, 0.29) is 18.3 Å². The average molecular weight is 457 g/mol. The summed E-state index contributed by atoms with van der Waals surface area (Å²) in [7, 11) is 0. The molecule has 1 saturated heterocycles. The summed E-state index contributed by atoms with van der Waals surface area (Å²) in [5.41, 5.74) is 2.76. The van der Waals surface area contributed by atoms with Gasteiger partial charge < -0.3 is 14.1 Å². The Balaban J connectivity index is 1.30. The van der Waals surface area contributed by atoms with E-state index in [0.717, 1.165) is 16.9 Å². The third kappa shape index (κ3) is 5.31. The second-order valence-electron chi connectivity index (χ2n) is 8.15. The number of carbonyl (C=O) groups excluding carboxylic acids is 1. The van der Waals surface area contributed by atoms with Crippen LogP contribution in [0, 0.1) is 19.7 Å². The molecule has 1 aliphatic rings. The lowest BCUT2D eigenvalue weighted by atomic mass is 10.1. The first-order valence-corrected chi connectivity index (χ1v) is 11.0. The molecule has 7 heteroatoms. The van der Waals surface area contributed by atoms with E-state index in [2.05, 4.69) is 11.0 Å². The summed E-state index contributed by atoms with van der Waals surface area (Å²) in [6, 6.07) is 14.2. The molecule has 32 heavy (non-hydrogen) atoms. The molecule has 1 aromatic heterocycles. The highest BCUT2D eigenvalue weighted by molar-refractivity contribution is 6.31. The van der Waals surface area contributed by atoms with Crippen LogP contribution in [0.25, 0.3) is 0 Å². The third-order valence-corrected chi connectivity index (χ3v) is 5.91. The predicted octanol–water partition coefficient (Wildman–Crippen LogP) is 5.23. The first kappa shape index (κ1) is 22.4. The minimum absolute atomic E-state index is 0.147. The third-order valence-electron chi connectivity index (χ3n) is 5.55. The number of hydrogen-bond donors (Lipinski definition) is 0. The average Bonchev–Trinajstić information content (AvgIpc) is 3.23. The summed E-state index contributed by atoms with van der Waals surface area (Å²) in [6.07, 6.45) is 0. The predicted molar refractivity (Wildman–Crippen MR) is 122 cm³/mol. The van der Waals surface area contributed by atoms with Crippen LogP contribution in [-0.2, 0) is 13.2 Å². The number of rotatable bonds is 6. The molecule has 168 valence electrons. The Labute approximate surface area is 192 Å². The van der Waals surface area contributed by atoms with Crippen molar-refractivity contribution in [3.63, 3.8) is 0 Å². The van der Waals surface area contributed by atoms with Gasteiger partial charge in [0.2, 0.25) is 0 Å². The van der Waals surface area contributed by atoms with Crippen LogP contribution in [0.5, 0.6) is 5.75 Å². The van der Waals surface area contributed by atoms with Crippen LogP contribution in [0.1, 0.15) is 33.0 Å². The monoisotopic (exact) mass is 456 g/mol.